The molecule has 1 fully saturated rings. The number of carbonyl (C=O) groups is 1. The van der Waals surface area contributed by atoms with Crippen molar-refractivity contribution in [2.24, 2.45) is 0 Å². The average Bonchev–Trinajstić information content (AvgIpc) is 3.32. The number of aromatic nitrogens is 1. The van der Waals surface area contributed by atoms with Crippen LogP contribution in [0.3, 0.4) is 0 Å². The highest BCUT2D eigenvalue weighted by Gasteiger charge is 2.23. The molecule has 3 aromatic carbocycles. The molecule has 38 heavy (non-hydrogen) atoms. The number of halogens is 1. The number of nitrogen functional groups attached to an aromatic ring is 1. The molecule has 5 rings (SSSR count). The SMILES string of the molecule is CN1CCC(NS(=O)(=O)c2ccc(CNC(=O)c3cc(N)cc4c3ccn4-c3ccc(F)cc3)cc2)CC1. The first-order chi connectivity index (χ1) is 18.2. The van der Waals surface area contributed by atoms with Crippen LogP contribution in [0.5, 0.6) is 0 Å². The minimum Gasteiger partial charge on any atom is -0.399 e. The Morgan fingerprint density at radius 2 is 1.71 bits per heavy atom. The van der Waals surface area contributed by atoms with Crippen molar-refractivity contribution in [1.82, 2.24) is 19.5 Å². The highest BCUT2D eigenvalue weighted by molar-refractivity contribution is 7.89. The van der Waals surface area contributed by atoms with Crippen molar-refractivity contribution >= 4 is 32.5 Å². The lowest BCUT2D eigenvalue weighted by Crippen LogP contribution is -2.43. The molecule has 10 heteroatoms. The molecule has 4 N–H and O–H groups in total. The summed E-state index contributed by atoms with van der Waals surface area (Å²) < 4.78 is 43.6. The van der Waals surface area contributed by atoms with Crippen molar-refractivity contribution in [1.29, 1.82) is 0 Å². The number of hydrogen-bond acceptors (Lipinski definition) is 5. The second kappa shape index (κ2) is 10.6. The topological polar surface area (TPSA) is 109 Å². The van der Waals surface area contributed by atoms with Crippen LogP contribution in [0.2, 0.25) is 0 Å². The number of rotatable bonds is 7. The lowest BCUT2D eigenvalue weighted by molar-refractivity contribution is 0.0952. The number of likely N-dealkylation sites (tertiary alicyclic amines) is 1. The van der Waals surface area contributed by atoms with Gasteiger partial charge in [-0.05, 0) is 93.1 Å². The van der Waals surface area contributed by atoms with E-state index >= 15 is 0 Å². The fraction of sp³-hybridized carbons (Fsp3) is 0.250. The van der Waals surface area contributed by atoms with E-state index in [1.165, 1.54) is 12.1 Å². The largest absolute Gasteiger partial charge is 0.399 e. The van der Waals surface area contributed by atoms with Crippen LogP contribution in [0.25, 0.3) is 16.6 Å². The maximum Gasteiger partial charge on any atom is 0.252 e. The van der Waals surface area contributed by atoms with Crippen LogP contribution in [0.15, 0.2) is 77.8 Å². The molecule has 0 saturated carbocycles. The fourth-order valence-electron chi connectivity index (χ4n) is 4.76. The molecule has 0 unspecified atom stereocenters. The second-order valence-corrected chi connectivity index (χ2v) is 11.4. The predicted molar refractivity (Wildman–Crippen MR) is 146 cm³/mol. The normalized spacial score (nSPS) is 15.1. The number of amides is 1. The number of hydrogen-bond donors (Lipinski definition) is 3. The van der Waals surface area contributed by atoms with Crippen molar-refractivity contribution in [3.63, 3.8) is 0 Å². The summed E-state index contributed by atoms with van der Waals surface area (Å²) in [5.74, 6) is -0.635. The van der Waals surface area contributed by atoms with Gasteiger partial charge in [0.15, 0.2) is 0 Å². The Balaban J connectivity index is 1.28. The molecular weight excluding hydrogens is 505 g/mol. The molecule has 0 aliphatic carbocycles. The molecule has 0 bridgehead atoms. The summed E-state index contributed by atoms with van der Waals surface area (Å²) in [6.45, 7) is 1.95. The van der Waals surface area contributed by atoms with E-state index in [1.807, 2.05) is 23.9 Å². The van der Waals surface area contributed by atoms with Crippen LogP contribution in [0, 0.1) is 5.82 Å². The Morgan fingerprint density at radius 3 is 2.39 bits per heavy atom. The van der Waals surface area contributed by atoms with E-state index in [4.69, 9.17) is 5.73 Å². The van der Waals surface area contributed by atoms with Crippen LogP contribution in [0.4, 0.5) is 10.1 Å². The van der Waals surface area contributed by atoms with Crippen molar-refractivity contribution in [3.8, 4) is 5.69 Å². The minimum atomic E-state index is -3.61. The predicted octanol–water partition coefficient (Wildman–Crippen LogP) is 3.65. The lowest BCUT2D eigenvalue weighted by Gasteiger charge is -2.29. The van der Waals surface area contributed by atoms with E-state index in [0.717, 1.165) is 42.7 Å². The molecule has 8 nitrogen and oxygen atoms in total. The summed E-state index contributed by atoms with van der Waals surface area (Å²) in [4.78, 5) is 15.5. The molecule has 2 heterocycles. The van der Waals surface area contributed by atoms with Crippen LogP contribution >= 0.6 is 0 Å². The average molecular weight is 536 g/mol. The molecule has 0 atom stereocenters. The van der Waals surface area contributed by atoms with Gasteiger partial charge in [0.25, 0.3) is 5.91 Å². The Hall–Kier alpha value is -3.73. The van der Waals surface area contributed by atoms with Gasteiger partial charge in [0, 0.05) is 35.5 Å². The lowest BCUT2D eigenvalue weighted by atomic mass is 10.1. The smallest absolute Gasteiger partial charge is 0.252 e. The van der Waals surface area contributed by atoms with Gasteiger partial charge in [0.1, 0.15) is 5.82 Å². The van der Waals surface area contributed by atoms with E-state index in [2.05, 4.69) is 14.9 Å². The Morgan fingerprint density at radius 1 is 1.03 bits per heavy atom. The van der Waals surface area contributed by atoms with Gasteiger partial charge in [-0.2, -0.15) is 0 Å². The monoisotopic (exact) mass is 535 g/mol. The molecule has 0 radical (unpaired) electrons. The van der Waals surface area contributed by atoms with Crippen molar-refractivity contribution in [2.75, 3.05) is 25.9 Å². The van der Waals surface area contributed by atoms with Gasteiger partial charge >= 0.3 is 0 Å². The number of anilines is 1. The first kappa shape index (κ1) is 25.9. The summed E-state index contributed by atoms with van der Waals surface area (Å²) in [6.07, 6.45) is 3.38. The maximum atomic E-state index is 13.4. The quantitative estimate of drug-likeness (QED) is 0.313. The molecule has 4 aromatic rings. The van der Waals surface area contributed by atoms with E-state index < -0.39 is 10.0 Å². The zero-order valence-electron chi connectivity index (χ0n) is 21.0. The molecule has 1 aromatic heterocycles. The minimum absolute atomic E-state index is 0.0665. The van der Waals surface area contributed by atoms with E-state index in [9.17, 15) is 17.6 Å². The van der Waals surface area contributed by atoms with E-state index in [-0.39, 0.29) is 29.2 Å². The summed E-state index contributed by atoms with van der Waals surface area (Å²) in [5.41, 5.74) is 9.20. The summed E-state index contributed by atoms with van der Waals surface area (Å²) in [6, 6.07) is 17.7. The van der Waals surface area contributed by atoms with Crippen LogP contribution < -0.4 is 15.8 Å². The first-order valence-electron chi connectivity index (χ1n) is 12.4. The molecule has 0 spiro atoms. The Kier molecular flexibility index (Phi) is 7.20. The third kappa shape index (κ3) is 5.57. The third-order valence-corrected chi connectivity index (χ3v) is 8.44. The standard InChI is InChI=1S/C28H30FN5O3S/c1-33-13-10-22(11-14-33)32-38(36,37)24-8-2-19(3-9-24)18-31-28(35)26-16-21(30)17-27-25(26)12-15-34(27)23-6-4-20(29)5-7-23/h2-9,12,15-17,22,32H,10-11,13-14,18,30H2,1H3,(H,31,35). The number of benzene rings is 3. The van der Waals surface area contributed by atoms with Crippen LogP contribution in [-0.4, -0.2) is 50.0 Å². The summed E-state index contributed by atoms with van der Waals surface area (Å²) >= 11 is 0. The van der Waals surface area contributed by atoms with E-state index in [0.29, 0.717) is 16.6 Å². The van der Waals surface area contributed by atoms with Gasteiger partial charge < -0.3 is 20.5 Å². The van der Waals surface area contributed by atoms with Gasteiger partial charge in [0.05, 0.1) is 16.0 Å². The van der Waals surface area contributed by atoms with Crippen LogP contribution in [0.1, 0.15) is 28.8 Å². The van der Waals surface area contributed by atoms with Crippen molar-refractivity contribution < 1.29 is 17.6 Å². The number of nitrogens with two attached hydrogens (primary N) is 1. The number of sulfonamides is 1. The van der Waals surface area contributed by atoms with Crippen molar-refractivity contribution in [2.45, 2.75) is 30.3 Å². The number of carbonyl (C=O) groups excluding carboxylic acids is 1. The van der Waals surface area contributed by atoms with Crippen molar-refractivity contribution in [3.05, 3.63) is 89.9 Å². The summed E-state index contributed by atoms with van der Waals surface area (Å²) in [7, 11) is -1.58. The molecule has 1 amide bonds. The maximum absolute atomic E-state index is 13.4. The highest BCUT2D eigenvalue weighted by Crippen LogP contribution is 2.27. The third-order valence-electron chi connectivity index (χ3n) is 6.91. The zero-order chi connectivity index (χ0) is 26.9. The van der Waals surface area contributed by atoms with Gasteiger partial charge in [-0.3, -0.25) is 4.79 Å². The summed E-state index contributed by atoms with van der Waals surface area (Å²) in [5, 5.41) is 3.61. The van der Waals surface area contributed by atoms with Crippen LogP contribution in [-0.2, 0) is 16.6 Å². The number of piperidine rings is 1. The molecule has 198 valence electrons. The van der Waals surface area contributed by atoms with Gasteiger partial charge in [-0.1, -0.05) is 12.1 Å². The highest BCUT2D eigenvalue weighted by atomic mass is 32.2. The molecule has 1 aliphatic rings. The van der Waals surface area contributed by atoms with Gasteiger partial charge in [0.2, 0.25) is 10.0 Å². The van der Waals surface area contributed by atoms with Gasteiger partial charge in [-0.25, -0.2) is 17.5 Å². The van der Waals surface area contributed by atoms with Gasteiger partial charge in [-0.15, -0.1) is 0 Å². The zero-order valence-corrected chi connectivity index (χ0v) is 21.8. The molecule has 1 aliphatic heterocycles. The number of nitrogens with one attached hydrogen (secondary N) is 2. The Bertz CT molecular complexity index is 1560. The molecule has 1 saturated heterocycles. The fourth-order valence-corrected chi connectivity index (χ4v) is 6.06. The first-order valence-corrected chi connectivity index (χ1v) is 13.9. The number of fused-ring (bicyclic) bond motifs is 1. The second-order valence-electron chi connectivity index (χ2n) is 9.69. The number of nitrogens with zero attached hydrogens (tertiary/aromatic N) is 2. The molecular formula is C28H30FN5O3S. The Labute approximate surface area is 221 Å². The van der Waals surface area contributed by atoms with E-state index in [1.54, 1.807) is 48.5 Å².